The van der Waals surface area contributed by atoms with Crippen LogP contribution in [0.15, 0.2) is 37.6 Å². The lowest BCUT2D eigenvalue weighted by Crippen LogP contribution is -1.95. The fourth-order valence-corrected chi connectivity index (χ4v) is 0.269. The van der Waals surface area contributed by atoms with Gasteiger partial charge >= 0.3 is 11.9 Å². The molecule has 5 nitrogen and oxygen atoms in total. The van der Waals surface area contributed by atoms with E-state index in [1.54, 1.807) is 13.0 Å². The SMILES string of the molecule is C=C(CC)C(=O)O.C=CC#N.C=COC(C)=O. The first-order chi connectivity index (χ1) is 7.87. The lowest BCUT2D eigenvalue weighted by atomic mass is 10.2. The minimum absolute atomic E-state index is 0.264. The third-order valence-corrected chi connectivity index (χ3v) is 1.07. The maximum absolute atomic E-state index is 9.83. The summed E-state index contributed by atoms with van der Waals surface area (Å²) in [7, 11) is 0. The summed E-state index contributed by atoms with van der Waals surface area (Å²) in [4.78, 5) is 19.6. The minimum atomic E-state index is -0.900. The second kappa shape index (κ2) is 16.1. The number of carbonyl (C=O) groups is 2. The summed E-state index contributed by atoms with van der Waals surface area (Å²) in [6.45, 7) is 12.6. The molecule has 0 saturated heterocycles. The summed E-state index contributed by atoms with van der Waals surface area (Å²) in [5.41, 5.74) is 0.264. The zero-order valence-electron chi connectivity index (χ0n) is 10.1. The van der Waals surface area contributed by atoms with Gasteiger partial charge < -0.3 is 9.84 Å². The van der Waals surface area contributed by atoms with E-state index < -0.39 is 5.97 Å². The maximum Gasteiger partial charge on any atom is 0.330 e. The number of nitrogens with zero attached hydrogens (tertiary/aromatic N) is 1. The van der Waals surface area contributed by atoms with Gasteiger partial charge in [0.05, 0.1) is 12.3 Å². The molecule has 0 radical (unpaired) electrons. The van der Waals surface area contributed by atoms with Gasteiger partial charge in [0, 0.05) is 18.6 Å². The van der Waals surface area contributed by atoms with Gasteiger partial charge in [0.15, 0.2) is 0 Å². The lowest BCUT2D eigenvalue weighted by molar-refractivity contribution is -0.135. The van der Waals surface area contributed by atoms with Crippen molar-refractivity contribution in [3.05, 3.63) is 37.6 Å². The standard InChI is InChI=1S/C5H8O2.C4H6O2.C3H3N/c1-3-4(2)5(6)7;1-3-6-4(2)5;1-2-3-4/h2-3H2,1H3,(H,6,7);3H,1H2,2H3;2H,1H2. The molecule has 0 fully saturated rings. The molecule has 0 aromatic carbocycles. The van der Waals surface area contributed by atoms with E-state index in [1.807, 2.05) is 0 Å². The van der Waals surface area contributed by atoms with E-state index in [-0.39, 0.29) is 11.5 Å². The summed E-state index contributed by atoms with van der Waals surface area (Å²) in [5.74, 6) is -1.23. The molecule has 0 heterocycles. The Morgan fingerprint density at radius 3 is 1.88 bits per heavy atom. The number of aliphatic carboxylic acids is 1. The Hall–Kier alpha value is -2.35. The molecule has 0 saturated carbocycles. The number of esters is 1. The number of rotatable bonds is 3. The molecule has 0 unspecified atom stereocenters. The van der Waals surface area contributed by atoms with Gasteiger partial charge in [-0.25, -0.2) is 4.79 Å². The van der Waals surface area contributed by atoms with Crippen molar-refractivity contribution in [2.45, 2.75) is 20.3 Å². The van der Waals surface area contributed by atoms with E-state index in [1.165, 1.54) is 13.0 Å². The predicted octanol–water partition coefficient (Wildman–Crippen LogP) is 2.43. The molecule has 0 spiro atoms. The first kappa shape index (κ1) is 20.1. The first-order valence-corrected chi connectivity index (χ1v) is 4.56. The van der Waals surface area contributed by atoms with Gasteiger partial charge in [0.25, 0.3) is 0 Å². The highest BCUT2D eigenvalue weighted by molar-refractivity contribution is 5.85. The third kappa shape index (κ3) is 31.7. The number of allylic oxidation sites excluding steroid dienone is 1. The molecular weight excluding hydrogens is 222 g/mol. The Bertz CT molecular complexity index is 313. The van der Waals surface area contributed by atoms with Crippen LogP contribution in [-0.4, -0.2) is 17.0 Å². The van der Waals surface area contributed by atoms with Crippen LogP contribution in [0.4, 0.5) is 0 Å². The van der Waals surface area contributed by atoms with E-state index in [2.05, 4.69) is 24.5 Å². The maximum atomic E-state index is 9.83. The monoisotopic (exact) mass is 239 g/mol. The van der Waals surface area contributed by atoms with Crippen molar-refractivity contribution in [3.63, 3.8) is 0 Å². The fourth-order valence-electron chi connectivity index (χ4n) is 0.269. The van der Waals surface area contributed by atoms with E-state index in [4.69, 9.17) is 10.4 Å². The largest absolute Gasteiger partial charge is 0.478 e. The van der Waals surface area contributed by atoms with Crippen molar-refractivity contribution in [1.29, 1.82) is 5.26 Å². The fraction of sp³-hybridized carbons (Fsp3) is 0.250. The molecule has 0 aliphatic rings. The summed E-state index contributed by atoms with van der Waals surface area (Å²) in [5, 5.41) is 15.6. The Labute approximate surface area is 101 Å². The number of hydrogen-bond donors (Lipinski definition) is 1. The number of carbonyl (C=O) groups excluding carboxylic acids is 1. The smallest absolute Gasteiger partial charge is 0.330 e. The highest BCUT2D eigenvalue weighted by atomic mass is 16.5. The van der Waals surface area contributed by atoms with Crippen LogP contribution < -0.4 is 0 Å². The number of nitriles is 1. The number of ether oxygens (including phenoxy) is 1. The van der Waals surface area contributed by atoms with Crippen molar-refractivity contribution >= 4 is 11.9 Å². The highest BCUT2D eigenvalue weighted by Crippen LogP contribution is 1.93. The molecular formula is C12H17NO4. The number of hydrogen-bond acceptors (Lipinski definition) is 4. The van der Waals surface area contributed by atoms with E-state index in [0.29, 0.717) is 6.42 Å². The second-order valence-corrected chi connectivity index (χ2v) is 2.37. The van der Waals surface area contributed by atoms with Crippen molar-refractivity contribution < 1.29 is 19.4 Å². The van der Waals surface area contributed by atoms with Crippen molar-refractivity contribution in [2.24, 2.45) is 0 Å². The van der Waals surface area contributed by atoms with E-state index in [9.17, 15) is 9.59 Å². The van der Waals surface area contributed by atoms with Crippen LogP contribution in [-0.2, 0) is 14.3 Å². The van der Waals surface area contributed by atoms with E-state index >= 15 is 0 Å². The summed E-state index contributed by atoms with van der Waals surface area (Å²) < 4.78 is 4.17. The first-order valence-electron chi connectivity index (χ1n) is 4.56. The molecule has 0 atom stereocenters. The highest BCUT2D eigenvalue weighted by Gasteiger charge is 1.96. The van der Waals surface area contributed by atoms with Crippen LogP contribution >= 0.6 is 0 Å². The Morgan fingerprint density at radius 2 is 1.88 bits per heavy atom. The average molecular weight is 239 g/mol. The van der Waals surface area contributed by atoms with Crippen LogP contribution in [0.1, 0.15) is 20.3 Å². The summed E-state index contributed by atoms with van der Waals surface area (Å²) in [6, 6.07) is 1.69. The molecule has 0 amide bonds. The van der Waals surface area contributed by atoms with Gasteiger partial charge in [-0.15, -0.1) is 0 Å². The van der Waals surface area contributed by atoms with Crippen LogP contribution in [0.2, 0.25) is 0 Å². The topological polar surface area (TPSA) is 87.4 Å². The zero-order valence-corrected chi connectivity index (χ0v) is 10.1. The molecule has 0 aliphatic carbocycles. The zero-order chi connectivity index (χ0) is 14.3. The van der Waals surface area contributed by atoms with Crippen LogP contribution in [0, 0.1) is 11.3 Å². The van der Waals surface area contributed by atoms with Gasteiger partial charge in [0.1, 0.15) is 0 Å². The molecule has 5 heteroatoms. The van der Waals surface area contributed by atoms with Gasteiger partial charge in [-0.3, -0.25) is 4.79 Å². The molecule has 0 bridgehead atoms. The van der Waals surface area contributed by atoms with Crippen molar-refractivity contribution in [1.82, 2.24) is 0 Å². The average Bonchev–Trinajstić information content (AvgIpc) is 2.28. The Kier molecular flexibility index (Phi) is 19.0. The molecule has 0 aromatic rings. The van der Waals surface area contributed by atoms with Crippen LogP contribution in [0.25, 0.3) is 0 Å². The quantitative estimate of drug-likeness (QED) is 0.353. The molecule has 17 heavy (non-hydrogen) atoms. The Balaban J connectivity index is -0.000000180. The molecule has 94 valence electrons. The lowest BCUT2D eigenvalue weighted by Gasteiger charge is -1.87. The van der Waals surface area contributed by atoms with Crippen molar-refractivity contribution in [3.8, 4) is 6.07 Å². The van der Waals surface area contributed by atoms with Gasteiger partial charge in [-0.1, -0.05) is 26.7 Å². The molecule has 1 N–H and O–H groups in total. The Morgan fingerprint density at radius 1 is 1.47 bits per heavy atom. The number of carboxylic acids is 1. The third-order valence-electron chi connectivity index (χ3n) is 1.07. The van der Waals surface area contributed by atoms with Gasteiger partial charge in [-0.2, -0.15) is 5.26 Å². The second-order valence-electron chi connectivity index (χ2n) is 2.37. The van der Waals surface area contributed by atoms with Crippen LogP contribution in [0.3, 0.4) is 0 Å². The van der Waals surface area contributed by atoms with Crippen molar-refractivity contribution in [2.75, 3.05) is 0 Å². The summed E-state index contributed by atoms with van der Waals surface area (Å²) in [6.07, 6.45) is 2.80. The van der Waals surface area contributed by atoms with Crippen LogP contribution in [0.5, 0.6) is 0 Å². The van der Waals surface area contributed by atoms with E-state index in [0.717, 1.165) is 6.26 Å². The number of carboxylic acid groups (broad SMARTS) is 1. The van der Waals surface area contributed by atoms with Gasteiger partial charge in [-0.05, 0) is 6.42 Å². The molecule has 0 aliphatic heterocycles. The van der Waals surface area contributed by atoms with Gasteiger partial charge in [0.2, 0.25) is 0 Å². The predicted molar refractivity (Wildman–Crippen MR) is 64.8 cm³/mol. The summed E-state index contributed by atoms with van der Waals surface area (Å²) >= 11 is 0. The minimum Gasteiger partial charge on any atom is -0.478 e. The molecule has 0 aromatic heterocycles. The normalized spacial score (nSPS) is 6.65. The molecule has 0 rings (SSSR count).